The van der Waals surface area contributed by atoms with E-state index in [-0.39, 0.29) is 13.0 Å². The van der Waals surface area contributed by atoms with Crippen molar-refractivity contribution in [2.24, 2.45) is 0 Å². The lowest BCUT2D eigenvalue weighted by atomic mass is 10.0. The van der Waals surface area contributed by atoms with Gasteiger partial charge in [0.2, 0.25) is 0 Å². The Labute approximate surface area is 186 Å². The number of amides is 1. The summed E-state index contributed by atoms with van der Waals surface area (Å²) in [6.45, 7) is 2.53. The van der Waals surface area contributed by atoms with E-state index in [1.165, 1.54) is 11.1 Å². The van der Waals surface area contributed by atoms with E-state index in [1.807, 2.05) is 31.2 Å². The number of nitrogens with one attached hydrogen (secondary N) is 1. The van der Waals surface area contributed by atoms with Crippen LogP contribution >= 0.6 is 0 Å². The Kier molecular flexibility index (Phi) is 6.40. The van der Waals surface area contributed by atoms with E-state index in [0.717, 1.165) is 28.7 Å². The lowest BCUT2D eigenvalue weighted by molar-refractivity contribution is -0.139. The quantitative estimate of drug-likeness (QED) is 0.427. The number of hydrogen-bond donors (Lipinski definition) is 2. The predicted molar refractivity (Wildman–Crippen MR) is 121 cm³/mol. The molecule has 32 heavy (non-hydrogen) atoms. The van der Waals surface area contributed by atoms with Crippen LogP contribution in [0.5, 0.6) is 5.75 Å². The third kappa shape index (κ3) is 4.75. The van der Waals surface area contributed by atoms with Gasteiger partial charge in [-0.25, -0.2) is 9.59 Å². The molecule has 4 rings (SSSR count). The van der Waals surface area contributed by atoms with Gasteiger partial charge in [-0.1, -0.05) is 54.6 Å². The molecule has 3 aromatic carbocycles. The van der Waals surface area contributed by atoms with Gasteiger partial charge in [0.25, 0.3) is 0 Å². The van der Waals surface area contributed by atoms with Crippen molar-refractivity contribution in [2.45, 2.75) is 32.4 Å². The summed E-state index contributed by atoms with van der Waals surface area (Å²) in [5, 5.41) is 12.0. The zero-order chi connectivity index (χ0) is 22.5. The zero-order valence-corrected chi connectivity index (χ0v) is 17.8. The van der Waals surface area contributed by atoms with Gasteiger partial charge in [0.15, 0.2) is 0 Å². The highest BCUT2D eigenvalue weighted by atomic mass is 16.5. The van der Waals surface area contributed by atoms with Gasteiger partial charge in [0.05, 0.1) is 6.61 Å². The number of rotatable bonds is 8. The molecule has 2 N–H and O–H groups in total. The van der Waals surface area contributed by atoms with Gasteiger partial charge < -0.3 is 19.9 Å². The Morgan fingerprint density at radius 2 is 1.75 bits per heavy atom. The molecule has 1 amide bonds. The summed E-state index contributed by atoms with van der Waals surface area (Å²) in [5.41, 5.74) is 6.45. The van der Waals surface area contributed by atoms with Gasteiger partial charge in [-0.2, -0.15) is 0 Å². The van der Waals surface area contributed by atoms with Crippen LogP contribution in [0.4, 0.5) is 4.79 Å². The van der Waals surface area contributed by atoms with Crippen molar-refractivity contribution >= 4 is 12.1 Å². The maximum atomic E-state index is 12.4. The van der Waals surface area contributed by atoms with Crippen LogP contribution < -0.4 is 10.1 Å². The van der Waals surface area contributed by atoms with Crippen LogP contribution in [0.1, 0.15) is 29.2 Å². The molecule has 6 heteroatoms. The Morgan fingerprint density at radius 1 is 1.00 bits per heavy atom. The highest BCUT2D eigenvalue weighted by Crippen LogP contribution is 2.38. The number of hydrogen-bond acceptors (Lipinski definition) is 4. The molecule has 0 aliphatic heterocycles. The van der Waals surface area contributed by atoms with Crippen LogP contribution in [-0.4, -0.2) is 29.8 Å². The number of ether oxygens (including phenoxy) is 2. The van der Waals surface area contributed by atoms with Crippen LogP contribution in [0.15, 0.2) is 66.7 Å². The Bertz CT molecular complexity index is 1120. The summed E-state index contributed by atoms with van der Waals surface area (Å²) in [4.78, 5) is 24.0. The third-order valence-corrected chi connectivity index (χ3v) is 5.57. The lowest BCUT2D eigenvalue weighted by Gasteiger charge is -2.16. The van der Waals surface area contributed by atoms with E-state index in [2.05, 4.69) is 23.5 Å². The first-order chi connectivity index (χ1) is 15.5. The smallest absolute Gasteiger partial charge is 0.408 e. The molecule has 0 heterocycles. The van der Waals surface area contributed by atoms with Crippen LogP contribution in [-0.2, 0) is 29.0 Å². The normalized spacial score (nSPS) is 12.4. The summed E-state index contributed by atoms with van der Waals surface area (Å²) in [7, 11) is 0. The molecule has 1 atom stereocenters. The second-order valence-corrected chi connectivity index (χ2v) is 7.67. The monoisotopic (exact) mass is 431 g/mol. The maximum Gasteiger partial charge on any atom is 0.408 e. The molecule has 0 fully saturated rings. The van der Waals surface area contributed by atoms with Gasteiger partial charge >= 0.3 is 12.1 Å². The minimum absolute atomic E-state index is 0.0817. The fraction of sp³-hybridized carbons (Fsp3) is 0.231. The molecule has 0 radical (unpaired) electrons. The average Bonchev–Trinajstić information content (AvgIpc) is 3.18. The molecule has 6 nitrogen and oxygen atoms in total. The van der Waals surface area contributed by atoms with Crippen molar-refractivity contribution in [2.75, 3.05) is 6.61 Å². The molecule has 0 saturated heterocycles. The largest absolute Gasteiger partial charge is 0.494 e. The Hall–Kier alpha value is -3.80. The van der Waals surface area contributed by atoms with Crippen LogP contribution in [0.25, 0.3) is 11.1 Å². The molecule has 0 bridgehead atoms. The Balaban J connectivity index is 1.37. The van der Waals surface area contributed by atoms with E-state index < -0.39 is 18.1 Å². The third-order valence-electron chi connectivity index (χ3n) is 5.57. The van der Waals surface area contributed by atoms with Crippen molar-refractivity contribution in [1.82, 2.24) is 5.32 Å². The number of benzene rings is 3. The number of alkyl carbamates (subject to hydrolysis) is 1. The molecule has 0 spiro atoms. The molecule has 1 aliphatic rings. The highest BCUT2D eigenvalue weighted by Gasteiger charge is 2.23. The van der Waals surface area contributed by atoms with Gasteiger partial charge in [0, 0.05) is 6.42 Å². The number of carboxylic acids is 1. The number of carbonyl (C=O) groups excluding carboxylic acids is 1. The first-order valence-corrected chi connectivity index (χ1v) is 10.6. The second-order valence-electron chi connectivity index (χ2n) is 7.67. The van der Waals surface area contributed by atoms with Crippen LogP contribution in [0.2, 0.25) is 0 Å². The SMILES string of the molecule is CCOc1ccc(C[C@H](NC(=O)OCc2cccc3c2Cc2ccccc2-3)C(=O)O)cc1. The van der Waals surface area contributed by atoms with E-state index in [9.17, 15) is 14.7 Å². The summed E-state index contributed by atoms with van der Waals surface area (Å²) in [6, 6.07) is 20.2. The zero-order valence-electron chi connectivity index (χ0n) is 17.8. The summed E-state index contributed by atoms with van der Waals surface area (Å²) in [6.07, 6.45) is 0.186. The Morgan fingerprint density at radius 3 is 2.50 bits per heavy atom. The number of carboxylic acid groups (broad SMARTS) is 1. The molecule has 0 aromatic heterocycles. The lowest BCUT2D eigenvalue weighted by Crippen LogP contribution is -2.42. The van der Waals surface area contributed by atoms with Crippen molar-refractivity contribution < 1.29 is 24.2 Å². The van der Waals surface area contributed by atoms with Gasteiger partial charge in [0.1, 0.15) is 18.4 Å². The molecule has 0 unspecified atom stereocenters. The summed E-state index contributed by atoms with van der Waals surface area (Å²) in [5.74, 6) is -0.403. The van der Waals surface area contributed by atoms with Crippen molar-refractivity contribution in [1.29, 1.82) is 0 Å². The molecule has 1 aliphatic carbocycles. The van der Waals surface area contributed by atoms with Crippen molar-refractivity contribution in [3.63, 3.8) is 0 Å². The summed E-state index contributed by atoms with van der Waals surface area (Å²) < 4.78 is 10.8. The number of carbonyl (C=O) groups is 2. The van der Waals surface area contributed by atoms with Gasteiger partial charge in [-0.05, 0) is 58.9 Å². The first-order valence-electron chi connectivity index (χ1n) is 10.6. The fourth-order valence-electron chi connectivity index (χ4n) is 4.01. The maximum absolute atomic E-state index is 12.4. The minimum Gasteiger partial charge on any atom is -0.494 e. The standard InChI is InChI=1S/C26H25NO5/c1-2-31-20-12-10-17(11-13-20)14-24(25(28)29)27-26(30)32-16-19-7-5-9-22-21-8-4-3-6-18(21)15-23(19)22/h3-13,24H,2,14-16H2,1H3,(H,27,30)(H,28,29)/t24-/m0/s1. The molecular weight excluding hydrogens is 406 g/mol. The molecule has 3 aromatic rings. The number of aliphatic carboxylic acids is 1. The summed E-state index contributed by atoms with van der Waals surface area (Å²) >= 11 is 0. The van der Waals surface area contributed by atoms with Gasteiger partial charge in [-0.15, -0.1) is 0 Å². The van der Waals surface area contributed by atoms with Gasteiger partial charge in [-0.3, -0.25) is 0 Å². The van der Waals surface area contributed by atoms with E-state index >= 15 is 0 Å². The predicted octanol–water partition coefficient (Wildman–Crippen LogP) is 4.58. The second kappa shape index (κ2) is 9.56. The molecule has 164 valence electrons. The van der Waals surface area contributed by atoms with Crippen molar-refractivity contribution in [3.8, 4) is 16.9 Å². The van der Waals surface area contributed by atoms with Crippen molar-refractivity contribution in [3.05, 3.63) is 89.0 Å². The van der Waals surface area contributed by atoms with Crippen LogP contribution in [0.3, 0.4) is 0 Å². The van der Waals surface area contributed by atoms with E-state index in [1.54, 1.807) is 24.3 Å². The minimum atomic E-state index is -1.12. The van der Waals surface area contributed by atoms with E-state index in [4.69, 9.17) is 9.47 Å². The van der Waals surface area contributed by atoms with E-state index in [0.29, 0.717) is 12.4 Å². The molecular formula is C26H25NO5. The first kappa shape index (κ1) is 21.4. The van der Waals surface area contributed by atoms with Crippen LogP contribution in [0, 0.1) is 0 Å². The average molecular weight is 431 g/mol. The highest BCUT2D eigenvalue weighted by molar-refractivity contribution is 5.80. The topological polar surface area (TPSA) is 84.9 Å². The fourth-order valence-corrected chi connectivity index (χ4v) is 4.01. The molecule has 0 saturated carbocycles. The number of fused-ring (bicyclic) bond motifs is 3.